The molecule has 5 aromatic rings. The van der Waals surface area contributed by atoms with Crippen LogP contribution in [-0.4, -0.2) is 24.7 Å². The Morgan fingerprint density at radius 2 is 1.78 bits per heavy atom. The molecule has 4 heterocycles. The number of nitrogens with zero attached hydrogens (tertiary/aromatic N) is 5. The summed E-state index contributed by atoms with van der Waals surface area (Å²) in [6, 6.07) is 17.3. The fourth-order valence-corrected chi connectivity index (χ4v) is 5.65. The van der Waals surface area contributed by atoms with Crippen molar-refractivity contribution in [2.45, 2.75) is 58.5 Å². The van der Waals surface area contributed by atoms with Crippen LogP contribution in [-0.2, 0) is 25.9 Å². The zero-order valence-corrected chi connectivity index (χ0v) is 21.0. The van der Waals surface area contributed by atoms with E-state index in [-0.39, 0.29) is 0 Å². The predicted octanol–water partition coefficient (Wildman–Crippen LogP) is 5.09. The second-order valence-electron chi connectivity index (χ2n) is 10.3. The molecule has 186 valence electrons. The van der Waals surface area contributed by atoms with E-state index in [9.17, 15) is 4.79 Å². The quantitative estimate of drug-likeness (QED) is 0.368. The van der Waals surface area contributed by atoms with E-state index in [2.05, 4.69) is 82.0 Å². The van der Waals surface area contributed by atoms with Gasteiger partial charge in [0.1, 0.15) is 11.3 Å². The van der Waals surface area contributed by atoms with Crippen molar-refractivity contribution in [1.29, 1.82) is 0 Å². The molecule has 8 heteroatoms. The van der Waals surface area contributed by atoms with E-state index in [0.717, 1.165) is 53.4 Å². The number of para-hydroxylation sites is 1. The minimum absolute atomic E-state index is 0.426. The first-order valence-corrected chi connectivity index (χ1v) is 12.9. The number of hydrogen-bond donors (Lipinski definition) is 1. The Hall–Kier alpha value is -4.20. The van der Waals surface area contributed by atoms with Crippen molar-refractivity contribution >= 4 is 22.5 Å². The van der Waals surface area contributed by atoms with Gasteiger partial charge in [0, 0.05) is 23.0 Å². The van der Waals surface area contributed by atoms with Gasteiger partial charge in [0.2, 0.25) is 0 Å². The minimum atomic E-state index is -0.535. The summed E-state index contributed by atoms with van der Waals surface area (Å²) in [5.41, 5.74) is 10.3. The van der Waals surface area contributed by atoms with Crippen molar-refractivity contribution in [2.75, 3.05) is 4.90 Å². The first-order valence-electron chi connectivity index (χ1n) is 12.9. The molecule has 8 nitrogen and oxygen atoms in total. The molecule has 1 N–H and O–H groups in total. The molecule has 0 bridgehead atoms. The second-order valence-corrected chi connectivity index (χ2v) is 10.3. The largest absolute Gasteiger partial charge is 0.438 e. The molecule has 7 rings (SSSR count). The molecule has 0 amide bonds. The van der Waals surface area contributed by atoms with Crippen LogP contribution < -0.4 is 10.7 Å². The highest BCUT2D eigenvalue weighted by Gasteiger charge is 2.31. The lowest BCUT2D eigenvalue weighted by Crippen LogP contribution is -2.19. The van der Waals surface area contributed by atoms with Crippen molar-refractivity contribution in [1.82, 2.24) is 24.7 Å². The first kappa shape index (κ1) is 22.0. The highest BCUT2D eigenvalue weighted by Crippen LogP contribution is 2.42. The van der Waals surface area contributed by atoms with Crippen LogP contribution in [0.2, 0.25) is 0 Å². The second kappa shape index (κ2) is 8.44. The zero-order chi connectivity index (χ0) is 25.1. The fourth-order valence-electron chi connectivity index (χ4n) is 5.65. The van der Waals surface area contributed by atoms with Gasteiger partial charge < -0.3 is 9.47 Å². The Morgan fingerprint density at radius 1 is 0.973 bits per heavy atom. The number of pyridine rings is 1. The first-order chi connectivity index (χ1) is 18.0. The summed E-state index contributed by atoms with van der Waals surface area (Å²) < 4.78 is 7.11. The Bertz CT molecular complexity index is 1710. The normalized spacial score (nSPS) is 15.0. The summed E-state index contributed by atoms with van der Waals surface area (Å²) in [5.74, 6) is 1.67. The Morgan fingerprint density at radius 3 is 2.59 bits per heavy atom. The number of aromatic nitrogens is 5. The lowest BCUT2D eigenvalue weighted by Gasteiger charge is -2.26. The van der Waals surface area contributed by atoms with Crippen LogP contribution in [0.3, 0.4) is 0 Å². The van der Waals surface area contributed by atoms with Crippen LogP contribution in [0.25, 0.3) is 11.2 Å². The van der Waals surface area contributed by atoms with Gasteiger partial charge in [0.05, 0.1) is 13.1 Å². The van der Waals surface area contributed by atoms with Crippen LogP contribution in [0.1, 0.15) is 58.4 Å². The van der Waals surface area contributed by atoms with Gasteiger partial charge in [-0.1, -0.05) is 35.5 Å². The van der Waals surface area contributed by atoms with Crippen LogP contribution in [0.15, 0.2) is 57.8 Å². The molecule has 37 heavy (non-hydrogen) atoms. The number of aromatic amines is 1. The zero-order valence-electron chi connectivity index (χ0n) is 21.0. The molecule has 1 aliphatic carbocycles. The molecule has 1 saturated carbocycles. The van der Waals surface area contributed by atoms with E-state index in [0.29, 0.717) is 18.3 Å². The maximum Gasteiger partial charge on any atom is 0.438 e. The Labute approximate surface area is 214 Å². The molecule has 0 radical (unpaired) electrons. The van der Waals surface area contributed by atoms with Gasteiger partial charge >= 0.3 is 5.76 Å². The van der Waals surface area contributed by atoms with Gasteiger partial charge in [-0.25, -0.2) is 14.8 Å². The summed E-state index contributed by atoms with van der Waals surface area (Å²) in [7, 11) is 0. The van der Waals surface area contributed by atoms with Crippen LogP contribution in [0.4, 0.5) is 11.4 Å². The maximum atomic E-state index is 11.6. The van der Waals surface area contributed by atoms with Crippen molar-refractivity contribution in [3.8, 4) is 0 Å². The highest BCUT2D eigenvalue weighted by atomic mass is 16.5. The highest BCUT2D eigenvalue weighted by molar-refractivity contribution is 5.76. The predicted molar refractivity (Wildman–Crippen MR) is 141 cm³/mol. The summed E-state index contributed by atoms with van der Waals surface area (Å²) in [6.07, 6.45) is 4.27. The molecule has 1 fully saturated rings. The molecule has 1 aliphatic heterocycles. The number of anilines is 2. The number of aryl methyl sites for hydroxylation is 4. The van der Waals surface area contributed by atoms with E-state index in [1.54, 1.807) is 0 Å². The average Bonchev–Trinajstić information content (AvgIpc) is 3.58. The van der Waals surface area contributed by atoms with Gasteiger partial charge in [0.15, 0.2) is 11.5 Å². The molecule has 2 aromatic carbocycles. The lowest BCUT2D eigenvalue weighted by atomic mass is 10.0. The fraction of sp³-hybridized carbons (Fsp3) is 0.310. The molecular weight excluding hydrogens is 464 g/mol. The molecular formula is C29H28N6O2. The van der Waals surface area contributed by atoms with E-state index < -0.39 is 5.76 Å². The molecule has 3 aromatic heterocycles. The molecule has 2 aliphatic rings. The third-order valence-electron chi connectivity index (χ3n) is 7.51. The van der Waals surface area contributed by atoms with E-state index in [1.165, 1.54) is 35.1 Å². The van der Waals surface area contributed by atoms with Crippen molar-refractivity contribution in [3.63, 3.8) is 0 Å². The Balaban J connectivity index is 1.30. The standard InChI is InChI=1S/C29H28N6O2/c1-17-13-18(2)30-28-26(17)32-27(21-9-10-21)35(28)15-19-7-12-24-22(14-19)11-8-20-5-3-4-6-23(20)34(24)16-25-31-29(36)37-33-25/h3-7,12-14,21H,8-11,15-16H2,1-2H3,(H,31,33,36). The summed E-state index contributed by atoms with van der Waals surface area (Å²) in [6.45, 7) is 5.35. The molecule has 0 spiro atoms. The average molecular weight is 493 g/mol. The molecule has 0 saturated heterocycles. The number of rotatable bonds is 5. The number of benzene rings is 2. The SMILES string of the molecule is Cc1cc(C)c2nc(C3CC3)n(Cc3ccc4c(c3)CCc3ccccc3N4Cc3noc(=O)[nH]3)c2n1. The number of fused-ring (bicyclic) bond motifs is 3. The van der Waals surface area contributed by atoms with Crippen molar-refractivity contribution < 1.29 is 4.52 Å². The monoisotopic (exact) mass is 492 g/mol. The third-order valence-corrected chi connectivity index (χ3v) is 7.51. The van der Waals surface area contributed by atoms with Gasteiger partial charge in [-0.2, -0.15) is 0 Å². The van der Waals surface area contributed by atoms with Gasteiger partial charge in [-0.3, -0.25) is 9.51 Å². The van der Waals surface area contributed by atoms with Gasteiger partial charge in [-0.05, 0) is 80.0 Å². The van der Waals surface area contributed by atoms with E-state index >= 15 is 0 Å². The smallest absolute Gasteiger partial charge is 0.333 e. The number of nitrogens with one attached hydrogen (secondary N) is 1. The maximum absolute atomic E-state index is 11.6. The van der Waals surface area contributed by atoms with Crippen LogP contribution in [0, 0.1) is 13.8 Å². The van der Waals surface area contributed by atoms with E-state index in [1.807, 2.05) is 0 Å². The van der Waals surface area contributed by atoms with Gasteiger partial charge in [0.25, 0.3) is 0 Å². The summed E-state index contributed by atoms with van der Waals surface area (Å²) in [4.78, 5) is 26.5. The number of H-pyrrole nitrogens is 1. The molecule has 0 atom stereocenters. The van der Waals surface area contributed by atoms with Crippen molar-refractivity contribution in [3.05, 3.63) is 98.7 Å². The van der Waals surface area contributed by atoms with E-state index in [4.69, 9.17) is 14.5 Å². The summed E-state index contributed by atoms with van der Waals surface area (Å²) >= 11 is 0. The number of imidazole rings is 1. The minimum Gasteiger partial charge on any atom is -0.333 e. The van der Waals surface area contributed by atoms with Crippen molar-refractivity contribution in [2.24, 2.45) is 0 Å². The van der Waals surface area contributed by atoms with Crippen LogP contribution in [0.5, 0.6) is 0 Å². The summed E-state index contributed by atoms with van der Waals surface area (Å²) in [5, 5.41) is 3.93. The number of hydrogen-bond acceptors (Lipinski definition) is 6. The lowest BCUT2D eigenvalue weighted by molar-refractivity contribution is 0.381. The third kappa shape index (κ3) is 3.93. The Kier molecular flexibility index (Phi) is 5.02. The van der Waals surface area contributed by atoms with Crippen LogP contribution >= 0.6 is 0 Å². The van der Waals surface area contributed by atoms with Gasteiger partial charge in [-0.15, -0.1) is 0 Å². The molecule has 0 unspecified atom stereocenters. The topological polar surface area (TPSA) is 92.8 Å².